The topological polar surface area (TPSA) is 36.0 Å². The van der Waals surface area contributed by atoms with E-state index in [9.17, 15) is 0 Å². The summed E-state index contributed by atoms with van der Waals surface area (Å²) in [4.78, 5) is 2.86. The van der Waals surface area contributed by atoms with Crippen molar-refractivity contribution < 1.29 is 5.11 Å². The van der Waals surface area contributed by atoms with Gasteiger partial charge in [0.25, 0.3) is 0 Å². The highest BCUT2D eigenvalue weighted by Gasteiger charge is 1.76. The summed E-state index contributed by atoms with van der Waals surface area (Å²) in [6.45, 7) is 2.48. The Labute approximate surface area is 68.3 Å². The van der Waals surface area contributed by atoms with Crippen LogP contribution in [0.25, 0.3) is 0 Å². The molecule has 2 nitrogen and oxygen atoms in total. The number of aromatic amines is 1. The van der Waals surface area contributed by atoms with Crippen LogP contribution in [0, 0.1) is 0 Å². The lowest BCUT2D eigenvalue weighted by Crippen LogP contribution is -1.78. The average Bonchev–Trinajstić information content (AvgIpc) is 2.57. The number of aliphatic hydroxyl groups excluding tert-OH is 1. The standard InChI is InChI=1S/C5H12O.C4H5N/c1-2-3-4-5-6;1-2-4-5-3-1/h6H,2-5H2,1H3;1-5H. The second kappa shape index (κ2) is 9.24. The van der Waals surface area contributed by atoms with Gasteiger partial charge in [-0.25, -0.2) is 0 Å². The minimum absolute atomic E-state index is 0.355. The molecule has 0 saturated heterocycles. The lowest BCUT2D eigenvalue weighted by atomic mass is 10.3. The monoisotopic (exact) mass is 155 g/mol. The molecule has 0 atom stereocenters. The van der Waals surface area contributed by atoms with Crippen molar-refractivity contribution in [2.45, 2.75) is 26.2 Å². The van der Waals surface area contributed by atoms with Gasteiger partial charge >= 0.3 is 0 Å². The molecule has 1 aromatic rings. The minimum atomic E-state index is 0.355. The number of hydrogen-bond acceptors (Lipinski definition) is 1. The molecule has 0 spiro atoms. The first-order chi connectivity index (χ1) is 5.41. The van der Waals surface area contributed by atoms with Gasteiger partial charge in [-0.05, 0) is 18.6 Å². The lowest BCUT2D eigenvalue weighted by Gasteiger charge is -1.85. The van der Waals surface area contributed by atoms with Crippen molar-refractivity contribution in [2.75, 3.05) is 6.61 Å². The van der Waals surface area contributed by atoms with Crippen LogP contribution in [-0.2, 0) is 0 Å². The van der Waals surface area contributed by atoms with Crippen LogP contribution in [0.2, 0.25) is 0 Å². The van der Waals surface area contributed by atoms with E-state index >= 15 is 0 Å². The van der Waals surface area contributed by atoms with E-state index in [2.05, 4.69) is 11.9 Å². The molecular weight excluding hydrogens is 138 g/mol. The molecule has 0 aliphatic heterocycles. The molecule has 0 saturated carbocycles. The van der Waals surface area contributed by atoms with Gasteiger partial charge in [0, 0.05) is 19.0 Å². The number of hydrogen-bond donors (Lipinski definition) is 2. The molecule has 0 amide bonds. The molecule has 0 bridgehead atoms. The van der Waals surface area contributed by atoms with Gasteiger partial charge in [0.1, 0.15) is 0 Å². The fourth-order valence-corrected chi connectivity index (χ4v) is 0.640. The molecule has 0 aliphatic carbocycles. The summed E-state index contributed by atoms with van der Waals surface area (Å²) in [5.74, 6) is 0. The number of aliphatic hydroxyl groups is 1. The number of H-pyrrole nitrogens is 1. The smallest absolute Gasteiger partial charge is 0.0431 e. The van der Waals surface area contributed by atoms with Crippen LogP contribution in [-0.4, -0.2) is 16.7 Å². The molecule has 0 aromatic carbocycles. The van der Waals surface area contributed by atoms with Crippen LogP contribution in [0.5, 0.6) is 0 Å². The van der Waals surface area contributed by atoms with Crippen molar-refractivity contribution in [2.24, 2.45) is 0 Å². The molecule has 1 rings (SSSR count). The molecule has 2 heteroatoms. The molecule has 0 unspecified atom stereocenters. The molecule has 11 heavy (non-hydrogen) atoms. The highest BCUT2D eigenvalue weighted by molar-refractivity contribution is 4.84. The first kappa shape index (κ1) is 10.2. The number of nitrogens with one attached hydrogen (secondary N) is 1. The SMILES string of the molecule is CCCCCO.c1cc[nH]c1. The Bertz CT molecular complexity index is 105. The van der Waals surface area contributed by atoms with Crippen molar-refractivity contribution in [3.05, 3.63) is 24.5 Å². The van der Waals surface area contributed by atoms with Gasteiger partial charge in [0.05, 0.1) is 0 Å². The van der Waals surface area contributed by atoms with Crippen LogP contribution < -0.4 is 0 Å². The van der Waals surface area contributed by atoms with E-state index in [-0.39, 0.29) is 0 Å². The summed E-state index contributed by atoms with van der Waals surface area (Å²) in [5.41, 5.74) is 0. The zero-order valence-electron chi connectivity index (χ0n) is 7.09. The largest absolute Gasteiger partial charge is 0.396 e. The predicted molar refractivity (Wildman–Crippen MR) is 47.4 cm³/mol. The Kier molecular flexibility index (Phi) is 8.60. The molecular formula is C9H17NO. The van der Waals surface area contributed by atoms with Crippen LogP contribution in [0.15, 0.2) is 24.5 Å². The van der Waals surface area contributed by atoms with Crippen LogP contribution in [0.1, 0.15) is 26.2 Å². The Balaban J connectivity index is 0.000000183. The maximum atomic E-state index is 8.20. The van der Waals surface area contributed by atoms with Gasteiger partial charge in [-0.1, -0.05) is 19.8 Å². The summed E-state index contributed by atoms with van der Waals surface area (Å²) < 4.78 is 0. The normalized spacial score (nSPS) is 8.55. The maximum absolute atomic E-state index is 8.20. The van der Waals surface area contributed by atoms with E-state index in [0.717, 1.165) is 12.8 Å². The van der Waals surface area contributed by atoms with Crippen molar-refractivity contribution >= 4 is 0 Å². The Morgan fingerprint density at radius 2 is 1.82 bits per heavy atom. The van der Waals surface area contributed by atoms with Crippen molar-refractivity contribution in [3.63, 3.8) is 0 Å². The van der Waals surface area contributed by atoms with Crippen LogP contribution in [0.3, 0.4) is 0 Å². The zero-order chi connectivity index (χ0) is 8.36. The van der Waals surface area contributed by atoms with Gasteiger partial charge < -0.3 is 10.1 Å². The molecule has 1 aromatic heterocycles. The summed E-state index contributed by atoms with van der Waals surface area (Å²) in [6, 6.07) is 3.89. The third-order valence-electron chi connectivity index (χ3n) is 1.26. The van der Waals surface area contributed by atoms with E-state index in [1.54, 1.807) is 0 Å². The first-order valence-electron chi connectivity index (χ1n) is 4.10. The number of aromatic nitrogens is 1. The van der Waals surface area contributed by atoms with Gasteiger partial charge in [-0.2, -0.15) is 0 Å². The quantitative estimate of drug-likeness (QED) is 0.645. The second-order valence-electron chi connectivity index (χ2n) is 2.32. The third kappa shape index (κ3) is 9.24. The third-order valence-corrected chi connectivity index (χ3v) is 1.26. The van der Waals surface area contributed by atoms with E-state index in [1.165, 1.54) is 6.42 Å². The van der Waals surface area contributed by atoms with Gasteiger partial charge in [0.2, 0.25) is 0 Å². The van der Waals surface area contributed by atoms with E-state index in [0.29, 0.717) is 6.61 Å². The Hall–Kier alpha value is -0.760. The summed E-state index contributed by atoms with van der Waals surface area (Å²) >= 11 is 0. The highest BCUT2D eigenvalue weighted by Crippen LogP contribution is 1.89. The average molecular weight is 155 g/mol. The summed E-state index contributed by atoms with van der Waals surface area (Å²) in [7, 11) is 0. The Morgan fingerprint density at radius 3 is 2.00 bits per heavy atom. The first-order valence-corrected chi connectivity index (χ1v) is 4.10. The maximum Gasteiger partial charge on any atom is 0.0431 e. The Morgan fingerprint density at radius 1 is 1.18 bits per heavy atom. The van der Waals surface area contributed by atoms with Gasteiger partial charge in [-0.3, -0.25) is 0 Å². The summed E-state index contributed by atoms with van der Waals surface area (Å²) in [6.07, 6.45) is 7.08. The van der Waals surface area contributed by atoms with Crippen molar-refractivity contribution in [1.29, 1.82) is 0 Å². The van der Waals surface area contributed by atoms with Gasteiger partial charge in [0.15, 0.2) is 0 Å². The highest BCUT2D eigenvalue weighted by atomic mass is 16.2. The van der Waals surface area contributed by atoms with Crippen molar-refractivity contribution in [3.8, 4) is 0 Å². The minimum Gasteiger partial charge on any atom is -0.396 e. The lowest BCUT2D eigenvalue weighted by molar-refractivity contribution is 0.284. The van der Waals surface area contributed by atoms with E-state index in [4.69, 9.17) is 5.11 Å². The fraction of sp³-hybridized carbons (Fsp3) is 0.556. The van der Waals surface area contributed by atoms with E-state index in [1.807, 2.05) is 24.5 Å². The zero-order valence-corrected chi connectivity index (χ0v) is 7.09. The van der Waals surface area contributed by atoms with Gasteiger partial charge in [-0.15, -0.1) is 0 Å². The van der Waals surface area contributed by atoms with E-state index < -0.39 is 0 Å². The van der Waals surface area contributed by atoms with Crippen LogP contribution in [0.4, 0.5) is 0 Å². The molecule has 64 valence electrons. The van der Waals surface area contributed by atoms with Crippen LogP contribution >= 0.6 is 0 Å². The number of rotatable bonds is 3. The second-order valence-corrected chi connectivity index (χ2v) is 2.32. The predicted octanol–water partition coefficient (Wildman–Crippen LogP) is 2.18. The fourth-order valence-electron chi connectivity index (χ4n) is 0.640. The molecule has 0 aliphatic rings. The number of unbranched alkanes of at least 4 members (excludes halogenated alkanes) is 2. The molecule has 2 N–H and O–H groups in total. The molecule has 0 fully saturated rings. The molecule has 0 radical (unpaired) electrons. The van der Waals surface area contributed by atoms with Crippen molar-refractivity contribution in [1.82, 2.24) is 4.98 Å². The molecule has 1 heterocycles. The summed E-state index contributed by atoms with van der Waals surface area (Å²) in [5, 5.41) is 8.20.